The fourth-order valence-corrected chi connectivity index (χ4v) is 4.21. The molecule has 5 heteroatoms. The second-order valence-corrected chi connectivity index (χ2v) is 8.02. The molecule has 0 amide bonds. The van der Waals surface area contributed by atoms with Crippen LogP contribution in [0, 0.1) is 0 Å². The summed E-state index contributed by atoms with van der Waals surface area (Å²) < 4.78 is 5.51. The number of ether oxygens (including phenoxy) is 1. The van der Waals surface area contributed by atoms with E-state index in [9.17, 15) is 4.79 Å². The van der Waals surface area contributed by atoms with E-state index in [1.54, 1.807) is 7.11 Å². The van der Waals surface area contributed by atoms with E-state index < -0.39 is 0 Å². The van der Waals surface area contributed by atoms with E-state index in [-0.39, 0.29) is 5.78 Å². The third-order valence-corrected chi connectivity index (χ3v) is 5.97. The molecule has 5 nitrogen and oxygen atoms in total. The van der Waals surface area contributed by atoms with Gasteiger partial charge in [0.15, 0.2) is 5.78 Å². The van der Waals surface area contributed by atoms with Crippen molar-refractivity contribution in [3.05, 3.63) is 90.0 Å². The number of para-hydroxylation sites is 3. The van der Waals surface area contributed by atoms with Crippen molar-refractivity contribution in [2.75, 3.05) is 56.6 Å². The summed E-state index contributed by atoms with van der Waals surface area (Å²) in [6, 6.07) is 25.5. The lowest BCUT2D eigenvalue weighted by molar-refractivity contribution is 0.103. The Morgan fingerprint density at radius 1 is 0.875 bits per heavy atom. The van der Waals surface area contributed by atoms with Crippen molar-refractivity contribution >= 4 is 17.2 Å². The van der Waals surface area contributed by atoms with Crippen LogP contribution in [0.2, 0.25) is 0 Å². The Balaban J connectivity index is 1.25. The number of benzene rings is 3. The highest BCUT2D eigenvalue weighted by atomic mass is 16.5. The van der Waals surface area contributed by atoms with E-state index in [0.717, 1.165) is 68.3 Å². The number of hydrogen-bond donors (Lipinski definition) is 1. The second-order valence-electron chi connectivity index (χ2n) is 8.02. The number of rotatable bonds is 9. The number of ketones is 1. The van der Waals surface area contributed by atoms with Crippen molar-refractivity contribution in [1.82, 2.24) is 4.90 Å². The normalized spacial score (nSPS) is 14.2. The van der Waals surface area contributed by atoms with Crippen molar-refractivity contribution < 1.29 is 9.53 Å². The molecule has 0 unspecified atom stereocenters. The molecule has 0 aromatic heterocycles. The molecule has 1 heterocycles. The number of carbonyl (C=O) groups excluding carboxylic acids is 1. The molecule has 4 rings (SSSR count). The number of anilines is 2. The summed E-state index contributed by atoms with van der Waals surface area (Å²) in [6.07, 6.45) is 1.03. The van der Waals surface area contributed by atoms with Crippen LogP contribution in [-0.4, -0.2) is 57.1 Å². The van der Waals surface area contributed by atoms with Gasteiger partial charge in [0.05, 0.1) is 12.8 Å². The summed E-state index contributed by atoms with van der Waals surface area (Å²) in [5.74, 6) is 0.995. The maximum Gasteiger partial charge on any atom is 0.195 e. The number of nitrogens with zero attached hydrogens (tertiary/aromatic N) is 2. The van der Waals surface area contributed by atoms with Crippen molar-refractivity contribution in [1.29, 1.82) is 0 Å². The molecule has 1 aliphatic rings. The third-order valence-electron chi connectivity index (χ3n) is 5.97. The molecule has 3 aromatic carbocycles. The first-order valence-corrected chi connectivity index (χ1v) is 11.3. The van der Waals surface area contributed by atoms with Gasteiger partial charge in [-0.1, -0.05) is 54.6 Å². The van der Waals surface area contributed by atoms with Gasteiger partial charge < -0.3 is 15.0 Å². The number of carbonyl (C=O) groups is 1. The van der Waals surface area contributed by atoms with Crippen LogP contribution < -0.4 is 15.0 Å². The zero-order valence-corrected chi connectivity index (χ0v) is 18.7. The van der Waals surface area contributed by atoms with E-state index in [0.29, 0.717) is 0 Å². The van der Waals surface area contributed by atoms with Crippen LogP contribution in [0.15, 0.2) is 78.9 Å². The molecule has 0 saturated carbocycles. The first-order valence-electron chi connectivity index (χ1n) is 11.3. The van der Waals surface area contributed by atoms with Crippen LogP contribution in [0.5, 0.6) is 5.75 Å². The Labute approximate surface area is 190 Å². The summed E-state index contributed by atoms with van der Waals surface area (Å²) in [6.45, 7) is 5.97. The van der Waals surface area contributed by atoms with Gasteiger partial charge in [0.2, 0.25) is 0 Å². The molecule has 166 valence electrons. The first-order chi connectivity index (χ1) is 15.8. The highest BCUT2D eigenvalue weighted by Gasteiger charge is 2.19. The van der Waals surface area contributed by atoms with Crippen molar-refractivity contribution in [2.45, 2.75) is 6.42 Å². The Morgan fingerprint density at radius 2 is 1.56 bits per heavy atom. The number of methoxy groups -OCH3 is 1. The number of piperazine rings is 1. The lowest BCUT2D eigenvalue weighted by Gasteiger charge is -2.36. The Bertz CT molecular complexity index is 1010. The quantitative estimate of drug-likeness (QED) is 0.399. The van der Waals surface area contributed by atoms with Gasteiger partial charge in [0.1, 0.15) is 5.75 Å². The SMILES string of the molecule is COc1ccccc1N1CCN(CCCNc2ccccc2C(=O)c2ccccc2)CC1. The van der Waals surface area contributed by atoms with Crippen LogP contribution in [0.3, 0.4) is 0 Å². The van der Waals surface area contributed by atoms with Crippen LogP contribution in [0.25, 0.3) is 0 Å². The Morgan fingerprint density at radius 3 is 2.34 bits per heavy atom. The van der Waals surface area contributed by atoms with Crippen LogP contribution in [0.4, 0.5) is 11.4 Å². The summed E-state index contributed by atoms with van der Waals surface area (Å²) in [7, 11) is 1.73. The molecule has 0 radical (unpaired) electrons. The van der Waals surface area contributed by atoms with Crippen molar-refractivity contribution in [2.24, 2.45) is 0 Å². The number of nitrogens with one attached hydrogen (secondary N) is 1. The highest BCUT2D eigenvalue weighted by molar-refractivity contribution is 6.12. The van der Waals surface area contributed by atoms with E-state index in [1.165, 1.54) is 5.69 Å². The average molecular weight is 430 g/mol. The molecule has 0 bridgehead atoms. The van der Waals surface area contributed by atoms with Gasteiger partial charge in [-0.3, -0.25) is 9.69 Å². The maximum absolute atomic E-state index is 12.9. The van der Waals surface area contributed by atoms with E-state index in [4.69, 9.17) is 4.74 Å². The fourth-order valence-electron chi connectivity index (χ4n) is 4.21. The fraction of sp³-hybridized carbons (Fsp3) is 0.296. The topological polar surface area (TPSA) is 44.8 Å². The van der Waals surface area contributed by atoms with Crippen molar-refractivity contribution in [3.63, 3.8) is 0 Å². The van der Waals surface area contributed by atoms with Gasteiger partial charge in [-0.2, -0.15) is 0 Å². The van der Waals surface area contributed by atoms with Crippen LogP contribution in [-0.2, 0) is 0 Å². The monoisotopic (exact) mass is 429 g/mol. The minimum absolute atomic E-state index is 0.0566. The van der Waals surface area contributed by atoms with Gasteiger partial charge in [-0.25, -0.2) is 0 Å². The van der Waals surface area contributed by atoms with Gasteiger partial charge in [0, 0.05) is 49.5 Å². The lowest BCUT2D eigenvalue weighted by Crippen LogP contribution is -2.46. The highest BCUT2D eigenvalue weighted by Crippen LogP contribution is 2.28. The van der Waals surface area contributed by atoms with E-state index in [1.807, 2.05) is 66.7 Å². The molecular weight excluding hydrogens is 398 g/mol. The minimum atomic E-state index is 0.0566. The Hall–Kier alpha value is -3.31. The second kappa shape index (κ2) is 10.8. The average Bonchev–Trinajstić information content (AvgIpc) is 2.87. The molecule has 0 atom stereocenters. The predicted molar refractivity (Wildman–Crippen MR) is 131 cm³/mol. The zero-order chi connectivity index (χ0) is 22.2. The van der Waals surface area contributed by atoms with E-state index in [2.05, 4.69) is 27.2 Å². The standard InChI is InChI=1S/C27H31N3O2/c1-32-26-15-8-7-14-25(26)30-20-18-29(19-21-30)17-9-16-28-24-13-6-5-12-23(24)27(31)22-10-3-2-4-11-22/h2-8,10-15,28H,9,16-21H2,1H3. The minimum Gasteiger partial charge on any atom is -0.495 e. The van der Waals surface area contributed by atoms with Gasteiger partial charge in [-0.05, 0) is 37.2 Å². The molecule has 0 spiro atoms. The third kappa shape index (κ3) is 5.29. The van der Waals surface area contributed by atoms with Crippen molar-refractivity contribution in [3.8, 4) is 5.75 Å². The summed E-state index contributed by atoms with van der Waals surface area (Å²) >= 11 is 0. The van der Waals surface area contributed by atoms with Gasteiger partial charge >= 0.3 is 0 Å². The number of hydrogen-bond acceptors (Lipinski definition) is 5. The molecule has 1 aliphatic heterocycles. The van der Waals surface area contributed by atoms with Gasteiger partial charge in [0.25, 0.3) is 0 Å². The maximum atomic E-state index is 12.9. The zero-order valence-electron chi connectivity index (χ0n) is 18.7. The van der Waals surface area contributed by atoms with Crippen LogP contribution in [0.1, 0.15) is 22.3 Å². The molecule has 0 aliphatic carbocycles. The molecule has 32 heavy (non-hydrogen) atoms. The summed E-state index contributed by atoms with van der Waals surface area (Å²) in [5.41, 5.74) is 3.53. The molecule has 3 aromatic rings. The Kier molecular flexibility index (Phi) is 7.41. The van der Waals surface area contributed by atoms with Gasteiger partial charge in [-0.15, -0.1) is 0 Å². The molecule has 1 fully saturated rings. The molecule has 1 saturated heterocycles. The largest absolute Gasteiger partial charge is 0.495 e. The molecular formula is C27H31N3O2. The smallest absolute Gasteiger partial charge is 0.195 e. The summed E-state index contributed by atoms with van der Waals surface area (Å²) in [4.78, 5) is 17.8. The lowest BCUT2D eigenvalue weighted by atomic mass is 10.0. The molecule has 1 N–H and O–H groups in total. The predicted octanol–water partition coefficient (Wildman–Crippen LogP) is 4.55. The summed E-state index contributed by atoms with van der Waals surface area (Å²) in [5, 5.41) is 3.48. The van der Waals surface area contributed by atoms with E-state index >= 15 is 0 Å². The van der Waals surface area contributed by atoms with Crippen LogP contribution >= 0.6 is 0 Å². The first kappa shape index (κ1) is 21.9.